The van der Waals surface area contributed by atoms with Gasteiger partial charge in [-0.05, 0) is 6.07 Å². The zero-order chi connectivity index (χ0) is 11.3. The molecule has 1 rings (SSSR count). The van der Waals surface area contributed by atoms with Crippen LogP contribution in [0.2, 0.25) is 0 Å². The third-order valence-electron chi connectivity index (χ3n) is 1.94. The Morgan fingerprint density at radius 3 is 2.80 bits per heavy atom. The van der Waals surface area contributed by atoms with Gasteiger partial charge in [0.25, 0.3) is 0 Å². The van der Waals surface area contributed by atoms with Crippen LogP contribution in [0.5, 0.6) is 0 Å². The molecular weight excluding hydrogens is 256 g/mol. The smallest absolute Gasteiger partial charge is 0.303 e. The van der Waals surface area contributed by atoms with Crippen molar-refractivity contribution in [2.75, 3.05) is 0 Å². The monoisotopic (exact) mass is 268 g/mol. The number of ether oxygens (including phenoxy) is 1. The van der Waals surface area contributed by atoms with Gasteiger partial charge in [0, 0.05) is 23.4 Å². The van der Waals surface area contributed by atoms with Gasteiger partial charge >= 0.3 is 5.97 Å². The lowest BCUT2D eigenvalue weighted by Gasteiger charge is -2.16. The molecule has 3 heteroatoms. The van der Waals surface area contributed by atoms with E-state index >= 15 is 0 Å². The zero-order valence-electron chi connectivity index (χ0n) is 8.57. The van der Waals surface area contributed by atoms with E-state index in [9.17, 15) is 4.79 Å². The molecule has 1 atom stereocenters. The molecule has 0 unspecified atom stereocenters. The molecule has 0 aromatic heterocycles. The number of rotatable bonds is 4. The van der Waals surface area contributed by atoms with Crippen LogP contribution in [0.3, 0.4) is 0 Å². The van der Waals surface area contributed by atoms with Crippen LogP contribution in [0, 0.1) is 0 Å². The highest BCUT2D eigenvalue weighted by molar-refractivity contribution is 9.10. The van der Waals surface area contributed by atoms with Crippen molar-refractivity contribution >= 4 is 21.9 Å². The number of hydrogen-bond donors (Lipinski definition) is 0. The molecule has 1 aromatic carbocycles. The van der Waals surface area contributed by atoms with Gasteiger partial charge in [0.2, 0.25) is 0 Å². The van der Waals surface area contributed by atoms with Crippen molar-refractivity contribution in [3.05, 3.63) is 47.0 Å². The van der Waals surface area contributed by atoms with Crippen LogP contribution in [0.1, 0.15) is 25.0 Å². The van der Waals surface area contributed by atoms with Crippen LogP contribution < -0.4 is 0 Å². The van der Waals surface area contributed by atoms with Gasteiger partial charge in [0.1, 0.15) is 6.10 Å². The second-order valence-corrected chi connectivity index (χ2v) is 4.00. The lowest BCUT2D eigenvalue weighted by atomic mass is 10.1. The normalized spacial score (nSPS) is 11.9. The second-order valence-electron chi connectivity index (χ2n) is 3.14. The fourth-order valence-corrected chi connectivity index (χ4v) is 1.87. The molecule has 0 aliphatic rings. The van der Waals surface area contributed by atoms with Gasteiger partial charge in [-0.15, -0.1) is 6.58 Å². The SMILES string of the molecule is C=CC[C@@H](OC(C)=O)c1ccccc1Br. The molecule has 80 valence electrons. The van der Waals surface area contributed by atoms with Crippen molar-refractivity contribution in [2.24, 2.45) is 0 Å². The van der Waals surface area contributed by atoms with Crippen molar-refractivity contribution in [1.82, 2.24) is 0 Å². The summed E-state index contributed by atoms with van der Waals surface area (Å²) in [7, 11) is 0. The Hall–Kier alpha value is -1.09. The summed E-state index contributed by atoms with van der Waals surface area (Å²) in [4.78, 5) is 10.9. The quantitative estimate of drug-likeness (QED) is 0.616. The summed E-state index contributed by atoms with van der Waals surface area (Å²) < 4.78 is 6.16. The highest BCUT2D eigenvalue weighted by Gasteiger charge is 2.15. The van der Waals surface area contributed by atoms with E-state index in [1.807, 2.05) is 24.3 Å². The van der Waals surface area contributed by atoms with E-state index in [4.69, 9.17) is 4.74 Å². The molecule has 0 radical (unpaired) electrons. The van der Waals surface area contributed by atoms with Gasteiger partial charge in [0.05, 0.1) is 0 Å². The van der Waals surface area contributed by atoms with Crippen LogP contribution >= 0.6 is 15.9 Å². The average Bonchev–Trinajstić information content (AvgIpc) is 2.17. The Balaban J connectivity index is 2.92. The Kier molecular flexibility index (Phi) is 4.56. The molecule has 0 aliphatic heterocycles. The number of hydrogen-bond acceptors (Lipinski definition) is 2. The van der Waals surface area contributed by atoms with Gasteiger partial charge in [0.15, 0.2) is 0 Å². The molecule has 1 aromatic rings. The van der Waals surface area contributed by atoms with Crippen LogP contribution in [0.25, 0.3) is 0 Å². The molecule has 0 spiro atoms. The second kappa shape index (κ2) is 5.71. The molecule has 2 nitrogen and oxygen atoms in total. The summed E-state index contributed by atoms with van der Waals surface area (Å²) in [5, 5.41) is 0. The zero-order valence-corrected chi connectivity index (χ0v) is 10.2. The fourth-order valence-electron chi connectivity index (χ4n) is 1.33. The summed E-state index contributed by atoms with van der Waals surface area (Å²) in [5.74, 6) is -0.280. The van der Waals surface area contributed by atoms with Crippen molar-refractivity contribution in [3.8, 4) is 0 Å². The minimum absolute atomic E-state index is 0.254. The highest BCUT2D eigenvalue weighted by atomic mass is 79.9. The molecule has 0 amide bonds. The minimum Gasteiger partial charge on any atom is -0.457 e. The molecule has 15 heavy (non-hydrogen) atoms. The summed E-state index contributed by atoms with van der Waals surface area (Å²) >= 11 is 3.43. The Bertz CT molecular complexity index is 360. The van der Waals surface area contributed by atoms with Gasteiger partial charge in [-0.1, -0.05) is 40.2 Å². The first kappa shape index (κ1) is 12.0. The molecule has 0 saturated carbocycles. The minimum atomic E-state index is -0.280. The lowest BCUT2D eigenvalue weighted by molar-refractivity contribution is -0.146. The highest BCUT2D eigenvalue weighted by Crippen LogP contribution is 2.28. The maximum atomic E-state index is 10.9. The predicted octanol–water partition coefficient (Wildman–Crippen LogP) is 3.63. The number of benzene rings is 1. The third kappa shape index (κ3) is 3.51. The third-order valence-corrected chi connectivity index (χ3v) is 2.66. The molecular formula is C12H13BrO2. The van der Waals surface area contributed by atoms with E-state index in [0.717, 1.165) is 10.0 Å². The van der Waals surface area contributed by atoms with Gasteiger partial charge in [-0.25, -0.2) is 0 Å². The summed E-state index contributed by atoms with van der Waals surface area (Å²) in [6, 6.07) is 7.70. The molecule has 0 heterocycles. The van der Waals surface area contributed by atoms with Crippen LogP contribution in [-0.2, 0) is 9.53 Å². The summed E-state index contributed by atoms with van der Waals surface area (Å²) in [6.07, 6.45) is 2.10. The van der Waals surface area contributed by atoms with E-state index in [1.54, 1.807) is 6.08 Å². The number of halogens is 1. The van der Waals surface area contributed by atoms with E-state index in [-0.39, 0.29) is 12.1 Å². The molecule has 0 saturated heterocycles. The van der Waals surface area contributed by atoms with Gasteiger partial charge < -0.3 is 4.74 Å². The Morgan fingerprint density at radius 2 is 2.27 bits per heavy atom. The maximum absolute atomic E-state index is 10.9. The van der Waals surface area contributed by atoms with Crippen LogP contribution in [-0.4, -0.2) is 5.97 Å². The lowest BCUT2D eigenvalue weighted by Crippen LogP contribution is -2.08. The topological polar surface area (TPSA) is 26.3 Å². The number of carbonyl (C=O) groups is 1. The largest absolute Gasteiger partial charge is 0.457 e. The van der Waals surface area contributed by atoms with Crippen LogP contribution in [0.15, 0.2) is 41.4 Å². The van der Waals surface area contributed by atoms with Crippen LogP contribution in [0.4, 0.5) is 0 Å². The van der Waals surface area contributed by atoms with E-state index < -0.39 is 0 Å². The summed E-state index contributed by atoms with van der Waals surface area (Å²) in [6.45, 7) is 5.07. The fraction of sp³-hybridized carbons (Fsp3) is 0.250. The van der Waals surface area contributed by atoms with Gasteiger partial charge in [-0.3, -0.25) is 4.79 Å². The first-order chi connectivity index (χ1) is 7.15. The predicted molar refractivity (Wildman–Crippen MR) is 63.5 cm³/mol. The molecule has 0 bridgehead atoms. The summed E-state index contributed by atoms with van der Waals surface area (Å²) in [5.41, 5.74) is 0.965. The first-order valence-electron chi connectivity index (χ1n) is 4.67. The van der Waals surface area contributed by atoms with Crippen molar-refractivity contribution < 1.29 is 9.53 Å². The molecule has 0 aliphatic carbocycles. The molecule has 0 N–H and O–H groups in total. The number of carbonyl (C=O) groups excluding carboxylic acids is 1. The standard InChI is InChI=1S/C12H13BrO2/c1-3-6-12(15-9(2)14)10-7-4-5-8-11(10)13/h3-5,7-8,12H,1,6H2,2H3/t12-/m1/s1. The van der Waals surface area contributed by atoms with E-state index in [1.165, 1.54) is 6.92 Å². The van der Waals surface area contributed by atoms with Gasteiger partial charge in [-0.2, -0.15) is 0 Å². The average molecular weight is 269 g/mol. The van der Waals surface area contributed by atoms with E-state index in [2.05, 4.69) is 22.5 Å². The van der Waals surface area contributed by atoms with Crippen molar-refractivity contribution in [2.45, 2.75) is 19.4 Å². The Labute approximate surface area is 98.1 Å². The van der Waals surface area contributed by atoms with E-state index in [0.29, 0.717) is 6.42 Å². The first-order valence-corrected chi connectivity index (χ1v) is 5.47. The molecule has 0 fully saturated rings. The number of esters is 1. The van der Waals surface area contributed by atoms with Crippen molar-refractivity contribution in [3.63, 3.8) is 0 Å². The van der Waals surface area contributed by atoms with Crippen molar-refractivity contribution in [1.29, 1.82) is 0 Å². The Morgan fingerprint density at radius 1 is 1.60 bits per heavy atom. The maximum Gasteiger partial charge on any atom is 0.303 e.